The van der Waals surface area contributed by atoms with E-state index in [-0.39, 0.29) is 18.4 Å². The molecule has 1 saturated heterocycles. The van der Waals surface area contributed by atoms with E-state index in [0.29, 0.717) is 19.0 Å². The summed E-state index contributed by atoms with van der Waals surface area (Å²) in [6.45, 7) is 1.54. The number of carbonyl (C=O) groups excluding carboxylic acids is 1. The molecule has 2 aromatic carbocycles. The summed E-state index contributed by atoms with van der Waals surface area (Å²) >= 11 is 1.58. The zero-order valence-corrected chi connectivity index (χ0v) is 16.3. The molecule has 0 bridgehead atoms. The van der Waals surface area contributed by atoms with Gasteiger partial charge in [-0.2, -0.15) is 0 Å². The van der Waals surface area contributed by atoms with Crippen LogP contribution in [0.4, 0.5) is 0 Å². The SMILES string of the molecule is O=C(CSCc1ccccc1)NC[C@@](O)(c1ccccc1)C1CCOCC1. The molecule has 1 heterocycles. The van der Waals surface area contributed by atoms with E-state index in [0.717, 1.165) is 24.2 Å². The van der Waals surface area contributed by atoms with Gasteiger partial charge in [0.1, 0.15) is 5.60 Å². The molecule has 27 heavy (non-hydrogen) atoms. The summed E-state index contributed by atoms with van der Waals surface area (Å²) in [5, 5.41) is 14.4. The van der Waals surface area contributed by atoms with Crippen LogP contribution in [0.25, 0.3) is 0 Å². The van der Waals surface area contributed by atoms with Crippen molar-refractivity contribution in [3.05, 3.63) is 71.8 Å². The van der Waals surface area contributed by atoms with E-state index >= 15 is 0 Å². The molecule has 3 rings (SSSR count). The van der Waals surface area contributed by atoms with E-state index in [4.69, 9.17) is 4.74 Å². The van der Waals surface area contributed by atoms with Crippen molar-refractivity contribution in [1.82, 2.24) is 5.32 Å². The largest absolute Gasteiger partial charge is 0.383 e. The van der Waals surface area contributed by atoms with Crippen LogP contribution in [-0.2, 0) is 20.9 Å². The number of rotatable bonds is 8. The first-order valence-corrected chi connectivity index (χ1v) is 10.6. The van der Waals surface area contributed by atoms with Gasteiger partial charge in [-0.3, -0.25) is 4.79 Å². The number of benzene rings is 2. The Balaban J connectivity index is 1.56. The summed E-state index contributed by atoms with van der Waals surface area (Å²) in [5.74, 6) is 1.22. The third-order valence-electron chi connectivity index (χ3n) is 5.07. The number of thioether (sulfide) groups is 1. The molecule has 2 N–H and O–H groups in total. The molecule has 0 aromatic heterocycles. The molecule has 0 aliphatic carbocycles. The lowest BCUT2D eigenvalue weighted by Gasteiger charge is -2.39. The summed E-state index contributed by atoms with van der Waals surface area (Å²) < 4.78 is 5.45. The second-order valence-electron chi connectivity index (χ2n) is 6.93. The molecule has 2 aromatic rings. The van der Waals surface area contributed by atoms with E-state index in [1.54, 1.807) is 11.8 Å². The number of hydrogen-bond acceptors (Lipinski definition) is 4. The lowest BCUT2D eigenvalue weighted by molar-refractivity contribution is -0.121. The van der Waals surface area contributed by atoms with Gasteiger partial charge in [-0.05, 0) is 29.9 Å². The first-order chi connectivity index (χ1) is 13.2. The minimum Gasteiger partial charge on any atom is -0.383 e. The van der Waals surface area contributed by atoms with E-state index in [2.05, 4.69) is 17.4 Å². The van der Waals surface area contributed by atoms with Crippen LogP contribution in [0, 0.1) is 5.92 Å². The van der Waals surface area contributed by atoms with Crippen molar-refractivity contribution in [2.24, 2.45) is 5.92 Å². The van der Waals surface area contributed by atoms with Gasteiger partial charge in [0, 0.05) is 19.0 Å². The van der Waals surface area contributed by atoms with Gasteiger partial charge in [0.2, 0.25) is 5.91 Å². The fourth-order valence-corrected chi connectivity index (χ4v) is 4.32. The molecule has 1 amide bonds. The molecule has 5 heteroatoms. The molecular formula is C22H27NO3S. The van der Waals surface area contributed by atoms with Crippen molar-refractivity contribution in [2.75, 3.05) is 25.5 Å². The Morgan fingerprint density at radius 2 is 1.70 bits per heavy atom. The summed E-state index contributed by atoms with van der Waals surface area (Å²) in [6, 6.07) is 19.8. The Labute approximate surface area is 165 Å². The predicted octanol–water partition coefficient (Wildman–Crippen LogP) is 3.35. The van der Waals surface area contributed by atoms with Crippen LogP contribution < -0.4 is 5.32 Å². The molecule has 4 nitrogen and oxygen atoms in total. The van der Waals surface area contributed by atoms with Gasteiger partial charge >= 0.3 is 0 Å². The van der Waals surface area contributed by atoms with Crippen molar-refractivity contribution < 1.29 is 14.6 Å². The highest BCUT2D eigenvalue weighted by molar-refractivity contribution is 7.99. The number of hydrogen-bond donors (Lipinski definition) is 2. The molecule has 1 fully saturated rings. The van der Waals surface area contributed by atoms with Gasteiger partial charge in [-0.25, -0.2) is 0 Å². The fraction of sp³-hybridized carbons (Fsp3) is 0.409. The second-order valence-corrected chi connectivity index (χ2v) is 7.92. The summed E-state index contributed by atoms with van der Waals surface area (Å²) in [4.78, 5) is 12.3. The highest BCUT2D eigenvalue weighted by Gasteiger charge is 2.39. The molecule has 0 spiro atoms. The van der Waals surface area contributed by atoms with Gasteiger partial charge in [0.05, 0.1) is 12.3 Å². The zero-order chi connectivity index (χ0) is 19.0. The number of nitrogens with one attached hydrogen (secondary N) is 1. The third-order valence-corrected chi connectivity index (χ3v) is 6.07. The highest BCUT2D eigenvalue weighted by atomic mass is 32.2. The monoisotopic (exact) mass is 385 g/mol. The van der Waals surface area contributed by atoms with Crippen LogP contribution >= 0.6 is 11.8 Å². The Bertz CT molecular complexity index is 704. The first kappa shape index (κ1) is 19.9. The Morgan fingerprint density at radius 3 is 2.37 bits per heavy atom. The molecule has 1 aliphatic rings. The second kappa shape index (κ2) is 9.93. The quantitative estimate of drug-likeness (QED) is 0.732. The van der Waals surface area contributed by atoms with E-state index < -0.39 is 5.60 Å². The first-order valence-electron chi connectivity index (χ1n) is 9.42. The number of amides is 1. The molecule has 0 unspecified atom stereocenters. The normalized spacial score (nSPS) is 17.2. The van der Waals surface area contributed by atoms with Crippen LogP contribution in [0.15, 0.2) is 60.7 Å². The van der Waals surface area contributed by atoms with Crippen LogP contribution in [0.2, 0.25) is 0 Å². The number of aliphatic hydroxyl groups is 1. The molecule has 1 aliphatic heterocycles. The molecule has 144 valence electrons. The third kappa shape index (κ3) is 5.58. The van der Waals surface area contributed by atoms with Crippen LogP contribution in [0.3, 0.4) is 0 Å². The highest BCUT2D eigenvalue weighted by Crippen LogP contribution is 2.35. The Morgan fingerprint density at radius 1 is 1.07 bits per heavy atom. The van der Waals surface area contributed by atoms with Gasteiger partial charge in [-0.1, -0.05) is 60.7 Å². The smallest absolute Gasteiger partial charge is 0.230 e. The van der Waals surface area contributed by atoms with Crippen molar-refractivity contribution in [2.45, 2.75) is 24.2 Å². The maximum absolute atomic E-state index is 12.3. The maximum Gasteiger partial charge on any atom is 0.230 e. The summed E-state index contributed by atoms with van der Waals surface area (Å²) in [5.41, 5.74) is 0.998. The van der Waals surface area contributed by atoms with Crippen molar-refractivity contribution in [3.8, 4) is 0 Å². The molecule has 0 radical (unpaired) electrons. The maximum atomic E-state index is 12.3. The van der Waals surface area contributed by atoms with Crippen LogP contribution in [0.5, 0.6) is 0 Å². The zero-order valence-electron chi connectivity index (χ0n) is 15.5. The van der Waals surface area contributed by atoms with Crippen molar-refractivity contribution in [1.29, 1.82) is 0 Å². The van der Waals surface area contributed by atoms with Gasteiger partial charge < -0.3 is 15.2 Å². The van der Waals surface area contributed by atoms with Crippen LogP contribution in [-0.4, -0.2) is 36.5 Å². The van der Waals surface area contributed by atoms with E-state index in [1.807, 2.05) is 48.5 Å². The van der Waals surface area contributed by atoms with Gasteiger partial charge in [0.15, 0.2) is 0 Å². The average molecular weight is 386 g/mol. The number of ether oxygens (including phenoxy) is 1. The number of carbonyl (C=O) groups is 1. The van der Waals surface area contributed by atoms with E-state index in [9.17, 15) is 9.90 Å². The minimum atomic E-state index is -1.06. The standard InChI is InChI=1S/C22H27NO3S/c24-21(16-27-15-18-7-3-1-4-8-18)23-17-22(25,19-9-5-2-6-10-19)20-11-13-26-14-12-20/h1-10,20,25H,11-17H2,(H,23,24)/t22-/m1/s1. The van der Waals surface area contributed by atoms with Gasteiger partial charge in [0.25, 0.3) is 0 Å². The van der Waals surface area contributed by atoms with Crippen molar-refractivity contribution >= 4 is 17.7 Å². The fourth-order valence-electron chi connectivity index (χ4n) is 3.50. The molecule has 1 atom stereocenters. The average Bonchev–Trinajstić information content (AvgIpc) is 2.74. The summed E-state index contributed by atoms with van der Waals surface area (Å²) in [6.07, 6.45) is 1.59. The topological polar surface area (TPSA) is 58.6 Å². The van der Waals surface area contributed by atoms with Gasteiger partial charge in [-0.15, -0.1) is 11.8 Å². The Hall–Kier alpha value is -1.82. The Kier molecular flexibility index (Phi) is 7.33. The molecular weight excluding hydrogens is 358 g/mol. The summed E-state index contributed by atoms with van der Waals surface area (Å²) in [7, 11) is 0. The predicted molar refractivity (Wildman–Crippen MR) is 109 cm³/mol. The molecule has 0 saturated carbocycles. The minimum absolute atomic E-state index is 0.0441. The van der Waals surface area contributed by atoms with Crippen molar-refractivity contribution in [3.63, 3.8) is 0 Å². The van der Waals surface area contributed by atoms with E-state index in [1.165, 1.54) is 5.56 Å². The lowest BCUT2D eigenvalue weighted by Crippen LogP contribution is -2.48. The lowest BCUT2D eigenvalue weighted by atomic mass is 9.77. The van der Waals surface area contributed by atoms with Crippen LogP contribution in [0.1, 0.15) is 24.0 Å².